The predicted octanol–water partition coefficient (Wildman–Crippen LogP) is -1.44. The third-order valence-electron chi connectivity index (χ3n) is 0.591. The average molecular weight is 186 g/mol. The second-order valence-corrected chi connectivity index (χ2v) is 1.43. The van der Waals surface area contributed by atoms with Gasteiger partial charge in [0.1, 0.15) is 0 Å². The number of aliphatic hydroxyl groups excluding tert-OH is 2. The monoisotopic (exact) mass is 186 g/mol. The van der Waals surface area contributed by atoms with E-state index in [9.17, 15) is 0 Å². The molecule has 0 atom stereocenters. The first-order valence-corrected chi connectivity index (χ1v) is 3.03. The molecule has 0 aromatic carbocycles. The molecule has 11 heavy (non-hydrogen) atoms. The van der Waals surface area contributed by atoms with Crippen molar-refractivity contribution in [1.82, 2.24) is 0 Å². The Morgan fingerprint density at radius 2 is 1.27 bits per heavy atom. The van der Waals surface area contributed by atoms with Gasteiger partial charge in [0.05, 0.1) is 26.4 Å². The van der Waals surface area contributed by atoms with Gasteiger partial charge < -0.3 is 19.7 Å². The number of hydrogen-bond acceptors (Lipinski definition) is 4. The first kappa shape index (κ1) is 17.5. The Kier molecular flexibility index (Phi) is 35.6. The minimum atomic E-state index is 0. The summed E-state index contributed by atoms with van der Waals surface area (Å²) in [6, 6.07) is 0. The summed E-state index contributed by atoms with van der Waals surface area (Å²) in [7, 11) is 3.10. The van der Waals surface area contributed by atoms with E-state index >= 15 is 0 Å². The zero-order valence-corrected chi connectivity index (χ0v) is 6.54. The van der Waals surface area contributed by atoms with Gasteiger partial charge in [-0.2, -0.15) is 0 Å². The fourth-order valence-corrected chi connectivity index (χ4v) is 0.183. The molecule has 0 saturated heterocycles. The van der Waals surface area contributed by atoms with Crippen molar-refractivity contribution in [2.24, 2.45) is 0 Å². The maximum Gasteiger partial charge on any atom is 0.187 e. The molecule has 0 fully saturated rings. The molecule has 0 unspecified atom stereocenters. The van der Waals surface area contributed by atoms with Gasteiger partial charge in [-0.3, -0.25) is 0 Å². The highest BCUT2D eigenvalue weighted by Gasteiger charge is 1.67. The number of aliphatic hydroxyl groups is 2. The third-order valence-corrected chi connectivity index (χ3v) is 0.591. The Bertz CT molecular complexity index is 43.6. The van der Waals surface area contributed by atoms with Crippen LogP contribution in [0.15, 0.2) is 0 Å². The van der Waals surface area contributed by atoms with Crippen LogP contribution in [0.5, 0.6) is 0 Å². The zero-order chi connectivity index (χ0) is 8.24. The summed E-state index contributed by atoms with van der Waals surface area (Å²) >= 11 is 0. The SMILES string of the molecule is COCCO.COCCO.[AlH3].[HH].[HH]. The first-order valence-electron chi connectivity index (χ1n) is 3.03. The van der Waals surface area contributed by atoms with Gasteiger partial charge >= 0.3 is 0 Å². The van der Waals surface area contributed by atoms with Crippen LogP contribution in [0.1, 0.15) is 2.85 Å². The van der Waals surface area contributed by atoms with Gasteiger partial charge in [-0.1, -0.05) is 0 Å². The lowest BCUT2D eigenvalue weighted by atomic mass is 10.8. The Morgan fingerprint density at radius 1 is 1.00 bits per heavy atom. The molecule has 0 radical (unpaired) electrons. The summed E-state index contributed by atoms with van der Waals surface area (Å²) in [5, 5.41) is 15.9. The van der Waals surface area contributed by atoms with Gasteiger partial charge in [0, 0.05) is 17.1 Å². The van der Waals surface area contributed by atoms with Crippen molar-refractivity contribution in [3.8, 4) is 0 Å². The molecule has 2 N–H and O–H groups in total. The van der Waals surface area contributed by atoms with Crippen LogP contribution in [-0.2, 0) is 9.47 Å². The summed E-state index contributed by atoms with van der Waals surface area (Å²) in [5.74, 6) is 0. The molecular weight excluding hydrogens is 163 g/mol. The summed E-state index contributed by atoms with van der Waals surface area (Å²) in [5.41, 5.74) is 0. The lowest BCUT2D eigenvalue weighted by Gasteiger charge is -1.84. The fraction of sp³-hybridized carbons (Fsp3) is 1.00. The molecule has 0 amide bonds. The fourth-order valence-electron chi connectivity index (χ4n) is 0.183. The lowest BCUT2D eigenvalue weighted by Crippen LogP contribution is -1.91. The van der Waals surface area contributed by atoms with Crippen LogP contribution in [0.2, 0.25) is 0 Å². The molecular formula is C6H23AlO4. The van der Waals surface area contributed by atoms with Crippen LogP contribution in [0.4, 0.5) is 0 Å². The largest absolute Gasteiger partial charge is 0.394 e. The first-order chi connectivity index (χ1) is 4.83. The number of hydrogen-bond donors (Lipinski definition) is 2. The Morgan fingerprint density at radius 3 is 1.27 bits per heavy atom. The topological polar surface area (TPSA) is 58.9 Å². The molecule has 0 bridgehead atoms. The number of methoxy groups -OCH3 is 2. The molecule has 4 nitrogen and oxygen atoms in total. The minimum absolute atomic E-state index is 0. The standard InChI is InChI=1S/2C3H8O2.Al.2H2.3H/c2*1-5-3-2-4;;;;;;/h2*4H,2-3H2,1H3;;2*1H;;;. The van der Waals surface area contributed by atoms with Gasteiger partial charge in [0.2, 0.25) is 0 Å². The van der Waals surface area contributed by atoms with E-state index < -0.39 is 0 Å². The molecule has 0 spiro atoms. The summed E-state index contributed by atoms with van der Waals surface area (Å²) in [6.07, 6.45) is 0. The van der Waals surface area contributed by atoms with Crippen molar-refractivity contribution in [2.45, 2.75) is 0 Å². The van der Waals surface area contributed by atoms with Crippen molar-refractivity contribution < 1.29 is 22.5 Å². The van der Waals surface area contributed by atoms with Crippen molar-refractivity contribution in [3.63, 3.8) is 0 Å². The van der Waals surface area contributed by atoms with E-state index in [0.29, 0.717) is 13.2 Å². The zero-order valence-electron chi connectivity index (χ0n) is 6.54. The highest BCUT2D eigenvalue weighted by molar-refractivity contribution is 5.75. The van der Waals surface area contributed by atoms with Crippen LogP contribution in [0.3, 0.4) is 0 Å². The predicted molar refractivity (Wildman–Crippen MR) is 52.1 cm³/mol. The van der Waals surface area contributed by atoms with Crippen molar-refractivity contribution in [3.05, 3.63) is 0 Å². The lowest BCUT2D eigenvalue weighted by molar-refractivity contribution is 0.135. The van der Waals surface area contributed by atoms with E-state index in [0.717, 1.165) is 0 Å². The van der Waals surface area contributed by atoms with Crippen molar-refractivity contribution in [1.29, 1.82) is 0 Å². The van der Waals surface area contributed by atoms with E-state index in [1.54, 1.807) is 14.2 Å². The number of rotatable bonds is 4. The quantitative estimate of drug-likeness (QED) is 0.528. The molecule has 0 aromatic rings. The van der Waals surface area contributed by atoms with Crippen LogP contribution in [-0.4, -0.2) is 68.2 Å². The molecule has 0 rings (SSSR count). The van der Waals surface area contributed by atoms with Gasteiger partial charge in [0.15, 0.2) is 17.4 Å². The van der Waals surface area contributed by atoms with Crippen LogP contribution in [0.25, 0.3) is 0 Å². The highest BCUT2D eigenvalue weighted by Crippen LogP contribution is 1.57. The van der Waals surface area contributed by atoms with E-state index in [-0.39, 0.29) is 33.4 Å². The van der Waals surface area contributed by atoms with E-state index in [1.165, 1.54) is 0 Å². The maximum atomic E-state index is 7.94. The maximum absolute atomic E-state index is 7.94. The smallest absolute Gasteiger partial charge is 0.187 e. The summed E-state index contributed by atoms with van der Waals surface area (Å²) in [4.78, 5) is 0. The Balaban J connectivity index is -0.0000000267. The normalized spacial score (nSPS) is 7.64. The molecule has 0 heterocycles. The van der Waals surface area contributed by atoms with Crippen molar-refractivity contribution in [2.75, 3.05) is 40.6 Å². The summed E-state index contributed by atoms with van der Waals surface area (Å²) < 4.78 is 8.88. The molecule has 0 aliphatic heterocycles. The minimum Gasteiger partial charge on any atom is -0.394 e. The molecule has 0 saturated carbocycles. The van der Waals surface area contributed by atoms with Crippen molar-refractivity contribution >= 4 is 17.4 Å². The third kappa shape index (κ3) is 38.0. The van der Waals surface area contributed by atoms with E-state index in [1.807, 2.05) is 0 Å². The molecule has 74 valence electrons. The second kappa shape index (κ2) is 22.4. The highest BCUT2D eigenvalue weighted by atomic mass is 27.0. The molecule has 0 aliphatic rings. The van der Waals surface area contributed by atoms with Crippen LogP contribution in [0, 0.1) is 0 Å². The van der Waals surface area contributed by atoms with Crippen LogP contribution < -0.4 is 0 Å². The van der Waals surface area contributed by atoms with Crippen LogP contribution >= 0.6 is 0 Å². The van der Waals surface area contributed by atoms with Gasteiger partial charge in [-0.15, -0.1) is 0 Å². The molecule has 5 heteroatoms. The van der Waals surface area contributed by atoms with E-state index in [4.69, 9.17) is 10.2 Å². The number of ether oxygens (including phenoxy) is 2. The van der Waals surface area contributed by atoms with E-state index in [2.05, 4.69) is 9.47 Å². The second-order valence-electron chi connectivity index (χ2n) is 1.43. The molecule has 0 aromatic heterocycles. The summed E-state index contributed by atoms with van der Waals surface area (Å²) in [6.45, 7) is 1.13. The van der Waals surface area contributed by atoms with Gasteiger partial charge in [-0.05, 0) is 0 Å². The Labute approximate surface area is 81.2 Å². The Hall–Kier alpha value is 0.372. The average Bonchev–Trinajstić information content (AvgIpc) is 1.93. The van der Waals surface area contributed by atoms with Gasteiger partial charge in [-0.25, -0.2) is 0 Å². The molecule has 0 aliphatic carbocycles. The van der Waals surface area contributed by atoms with Gasteiger partial charge in [0.25, 0.3) is 0 Å².